The van der Waals surface area contributed by atoms with Crippen molar-refractivity contribution in [2.45, 2.75) is 51.0 Å². The van der Waals surface area contributed by atoms with E-state index in [-0.39, 0.29) is 5.91 Å². The summed E-state index contributed by atoms with van der Waals surface area (Å²) >= 11 is 0. The van der Waals surface area contributed by atoms with Crippen LogP contribution in [0.25, 0.3) is 0 Å². The molecule has 0 bridgehead atoms. The van der Waals surface area contributed by atoms with Crippen LogP contribution in [0.5, 0.6) is 0 Å². The van der Waals surface area contributed by atoms with Gasteiger partial charge in [0.1, 0.15) is 0 Å². The van der Waals surface area contributed by atoms with Gasteiger partial charge in [-0.1, -0.05) is 29.8 Å². The molecule has 2 aliphatic rings. The molecule has 1 saturated carbocycles. The zero-order valence-corrected chi connectivity index (χ0v) is 13.0. The molecule has 1 aromatic carbocycles. The molecule has 1 amide bonds. The first kappa shape index (κ1) is 14.6. The molecule has 0 spiro atoms. The lowest BCUT2D eigenvalue weighted by atomic mass is 9.90. The number of likely N-dealkylation sites (tertiary alicyclic amines) is 1. The van der Waals surface area contributed by atoms with E-state index in [4.69, 9.17) is 5.73 Å². The molecule has 3 heteroatoms. The number of benzene rings is 1. The Bertz CT molecular complexity index is 496. The molecule has 3 rings (SSSR count). The van der Waals surface area contributed by atoms with Gasteiger partial charge in [0.05, 0.1) is 5.54 Å². The summed E-state index contributed by atoms with van der Waals surface area (Å²) in [6.07, 6.45) is 6.40. The summed E-state index contributed by atoms with van der Waals surface area (Å²) in [6.45, 7) is 3.92. The first-order valence-corrected chi connectivity index (χ1v) is 8.21. The molecule has 21 heavy (non-hydrogen) atoms. The fraction of sp³-hybridized carbons (Fsp3) is 0.611. The highest BCUT2D eigenvalue weighted by molar-refractivity contribution is 5.89. The molecule has 0 aromatic heterocycles. The molecule has 0 unspecified atom stereocenters. The van der Waals surface area contributed by atoms with Crippen molar-refractivity contribution in [2.75, 3.05) is 13.1 Å². The molecule has 1 saturated heterocycles. The summed E-state index contributed by atoms with van der Waals surface area (Å²) in [4.78, 5) is 14.2. The minimum Gasteiger partial charge on any atom is -0.341 e. The van der Waals surface area contributed by atoms with E-state index in [9.17, 15) is 4.79 Å². The number of piperidine rings is 1. The van der Waals surface area contributed by atoms with Gasteiger partial charge in [-0.2, -0.15) is 0 Å². The zero-order valence-electron chi connectivity index (χ0n) is 13.0. The molecule has 114 valence electrons. The van der Waals surface area contributed by atoms with E-state index in [1.807, 2.05) is 4.90 Å². The smallest absolute Gasteiger partial charge is 0.242 e. The molecule has 3 nitrogen and oxygen atoms in total. The van der Waals surface area contributed by atoms with Gasteiger partial charge in [-0.15, -0.1) is 0 Å². The number of nitrogens with zero attached hydrogens (tertiary/aromatic N) is 1. The summed E-state index contributed by atoms with van der Waals surface area (Å²) in [5, 5.41) is 0. The van der Waals surface area contributed by atoms with Gasteiger partial charge < -0.3 is 10.6 Å². The third kappa shape index (κ3) is 3.46. The number of hydrogen-bond donors (Lipinski definition) is 1. The maximum Gasteiger partial charge on any atom is 0.242 e. The first-order valence-electron chi connectivity index (χ1n) is 8.21. The first-order chi connectivity index (χ1) is 10.1. The van der Waals surface area contributed by atoms with E-state index in [1.54, 1.807) is 0 Å². The number of rotatable bonds is 4. The lowest BCUT2D eigenvalue weighted by Crippen LogP contribution is -2.48. The van der Waals surface area contributed by atoms with Gasteiger partial charge in [0, 0.05) is 13.1 Å². The molecule has 1 aliphatic carbocycles. The van der Waals surface area contributed by atoms with Gasteiger partial charge in [-0.3, -0.25) is 4.79 Å². The topological polar surface area (TPSA) is 46.3 Å². The largest absolute Gasteiger partial charge is 0.341 e. The summed E-state index contributed by atoms with van der Waals surface area (Å²) < 4.78 is 0. The standard InChI is InChI=1S/C18H26N2O/c1-14-2-4-15(5-3-14)6-7-16-8-12-20(13-9-16)17(21)18(19)10-11-18/h2-5,16H,6-13,19H2,1H3. The zero-order chi connectivity index (χ0) is 14.9. The average molecular weight is 286 g/mol. The van der Waals surface area contributed by atoms with Crippen LogP contribution in [0.3, 0.4) is 0 Å². The Morgan fingerprint density at radius 3 is 2.43 bits per heavy atom. The predicted molar refractivity (Wildman–Crippen MR) is 85.0 cm³/mol. The monoisotopic (exact) mass is 286 g/mol. The van der Waals surface area contributed by atoms with Crippen molar-refractivity contribution in [2.24, 2.45) is 11.7 Å². The molecule has 2 N–H and O–H groups in total. The summed E-state index contributed by atoms with van der Waals surface area (Å²) in [5.74, 6) is 0.947. The number of amides is 1. The lowest BCUT2D eigenvalue weighted by molar-refractivity contribution is -0.135. The van der Waals surface area contributed by atoms with Crippen molar-refractivity contribution in [3.63, 3.8) is 0 Å². The maximum absolute atomic E-state index is 12.2. The highest BCUT2D eigenvalue weighted by Crippen LogP contribution is 2.35. The highest BCUT2D eigenvalue weighted by atomic mass is 16.2. The molecular weight excluding hydrogens is 260 g/mol. The summed E-state index contributed by atoms with van der Waals surface area (Å²) in [5.41, 5.74) is 8.27. The van der Waals surface area contributed by atoms with Crippen molar-refractivity contribution in [1.82, 2.24) is 4.90 Å². The van der Waals surface area contributed by atoms with E-state index < -0.39 is 5.54 Å². The van der Waals surface area contributed by atoms with E-state index in [0.29, 0.717) is 0 Å². The van der Waals surface area contributed by atoms with Crippen molar-refractivity contribution < 1.29 is 4.79 Å². The Morgan fingerprint density at radius 1 is 1.24 bits per heavy atom. The van der Waals surface area contributed by atoms with Crippen molar-refractivity contribution >= 4 is 5.91 Å². The normalized spacial score (nSPS) is 21.3. The average Bonchev–Trinajstić information content (AvgIpc) is 3.26. The third-order valence-corrected chi connectivity index (χ3v) is 5.08. The third-order valence-electron chi connectivity index (χ3n) is 5.08. The van der Waals surface area contributed by atoms with Crippen molar-refractivity contribution in [1.29, 1.82) is 0 Å². The van der Waals surface area contributed by atoms with Crippen LogP contribution in [-0.2, 0) is 11.2 Å². The van der Waals surface area contributed by atoms with Crippen molar-refractivity contribution in [3.8, 4) is 0 Å². The van der Waals surface area contributed by atoms with Crippen LogP contribution in [0.1, 0.15) is 43.2 Å². The quantitative estimate of drug-likeness (QED) is 0.925. The summed E-state index contributed by atoms with van der Waals surface area (Å²) in [6, 6.07) is 8.85. The molecule has 0 atom stereocenters. The van der Waals surface area contributed by atoms with Crippen LogP contribution in [0.15, 0.2) is 24.3 Å². The maximum atomic E-state index is 12.2. The van der Waals surface area contributed by atoms with Crippen LogP contribution in [0, 0.1) is 12.8 Å². The van der Waals surface area contributed by atoms with Crippen LogP contribution in [-0.4, -0.2) is 29.4 Å². The van der Waals surface area contributed by atoms with E-state index in [0.717, 1.165) is 51.1 Å². The van der Waals surface area contributed by atoms with Crippen LogP contribution in [0.4, 0.5) is 0 Å². The Hall–Kier alpha value is -1.35. The van der Waals surface area contributed by atoms with E-state index in [1.165, 1.54) is 17.5 Å². The minimum atomic E-state index is -0.491. The van der Waals surface area contributed by atoms with E-state index >= 15 is 0 Å². The Balaban J connectivity index is 1.43. The minimum absolute atomic E-state index is 0.194. The fourth-order valence-corrected chi connectivity index (χ4v) is 3.21. The molecule has 2 fully saturated rings. The van der Waals surface area contributed by atoms with Crippen LogP contribution in [0.2, 0.25) is 0 Å². The van der Waals surface area contributed by atoms with Gasteiger partial charge in [0.2, 0.25) is 5.91 Å². The highest BCUT2D eigenvalue weighted by Gasteiger charge is 2.48. The number of aryl methyl sites for hydroxylation is 2. The second-order valence-electron chi connectivity index (χ2n) is 6.92. The Labute approximate surface area is 127 Å². The number of carbonyl (C=O) groups is 1. The molecular formula is C18H26N2O. The second kappa shape index (κ2) is 5.80. The fourth-order valence-electron chi connectivity index (χ4n) is 3.21. The number of nitrogens with two attached hydrogens (primary N) is 1. The number of hydrogen-bond acceptors (Lipinski definition) is 2. The number of carbonyl (C=O) groups excluding carboxylic acids is 1. The molecule has 1 aromatic rings. The van der Waals surface area contributed by atoms with Gasteiger partial charge in [-0.05, 0) is 56.9 Å². The SMILES string of the molecule is Cc1ccc(CCC2CCN(C(=O)C3(N)CC3)CC2)cc1. The van der Waals surface area contributed by atoms with Gasteiger partial charge >= 0.3 is 0 Å². The van der Waals surface area contributed by atoms with Gasteiger partial charge in [0.15, 0.2) is 0 Å². The van der Waals surface area contributed by atoms with Gasteiger partial charge in [0.25, 0.3) is 0 Å². The Morgan fingerprint density at radius 2 is 1.86 bits per heavy atom. The molecule has 0 radical (unpaired) electrons. The van der Waals surface area contributed by atoms with Crippen LogP contribution < -0.4 is 5.73 Å². The van der Waals surface area contributed by atoms with E-state index in [2.05, 4.69) is 31.2 Å². The molecule has 1 heterocycles. The molecule has 1 aliphatic heterocycles. The second-order valence-corrected chi connectivity index (χ2v) is 6.92. The van der Waals surface area contributed by atoms with Crippen LogP contribution >= 0.6 is 0 Å². The van der Waals surface area contributed by atoms with Crippen molar-refractivity contribution in [3.05, 3.63) is 35.4 Å². The van der Waals surface area contributed by atoms with Gasteiger partial charge in [-0.25, -0.2) is 0 Å². The predicted octanol–water partition coefficient (Wildman–Crippen LogP) is 2.66. The lowest BCUT2D eigenvalue weighted by Gasteiger charge is -2.33. The summed E-state index contributed by atoms with van der Waals surface area (Å²) in [7, 11) is 0. The Kier molecular flexibility index (Phi) is 4.03.